The number of aromatic nitrogens is 2. The molecule has 0 amide bonds. The molecule has 0 spiro atoms. The summed E-state index contributed by atoms with van der Waals surface area (Å²) in [4.78, 5) is 0. The van der Waals surface area contributed by atoms with Crippen LogP contribution in [0.5, 0.6) is 0 Å². The van der Waals surface area contributed by atoms with Crippen molar-refractivity contribution in [3.05, 3.63) is 194 Å². The normalized spacial score (nSPS) is 11.6. The van der Waals surface area contributed by atoms with E-state index in [-0.39, 0.29) is 0 Å². The van der Waals surface area contributed by atoms with E-state index in [1.54, 1.807) is 0 Å². The number of nitrogens with zero attached hydrogens (tertiary/aromatic N) is 2. The van der Waals surface area contributed by atoms with Crippen molar-refractivity contribution in [2.75, 3.05) is 0 Å². The van der Waals surface area contributed by atoms with Crippen LogP contribution in [-0.4, -0.2) is 9.13 Å². The molecule has 0 aliphatic heterocycles. The third kappa shape index (κ3) is 4.57. The first-order valence-electron chi connectivity index (χ1n) is 17.2. The van der Waals surface area contributed by atoms with E-state index < -0.39 is 0 Å². The zero-order valence-electron chi connectivity index (χ0n) is 27.4. The molecule has 2 heteroatoms. The molecule has 8 aromatic carbocycles. The quantitative estimate of drug-likeness (QED) is 0.178. The third-order valence-electron chi connectivity index (χ3n) is 10.1. The molecule has 234 valence electrons. The molecule has 0 fully saturated rings. The van der Waals surface area contributed by atoms with Crippen LogP contribution in [0.2, 0.25) is 0 Å². The third-order valence-corrected chi connectivity index (χ3v) is 10.1. The van der Waals surface area contributed by atoms with Crippen molar-refractivity contribution in [1.29, 1.82) is 0 Å². The maximum Gasteiger partial charge on any atom is 0.0548 e. The van der Waals surface area contributed by atoms with E-state index in [4.69, 9.17) is 0 Å². The summed E-state index contributed by atoms with van der Waals surface area (Å²) >= 11 is 0. The van der Waals surface area contributed by atoms with Gasteiger partial charge in [-0.2, -0.15) is 0 Å². The van der Waals surface area contributed by atoms with Crippen LogP contribution in [0, 0.1) is 0 Å². The van der Waals surface area contributed by atoms with E-state index in [0.717, 1.165) is 5.69 Å². The number of hydrogen-bond acceptors (Lipinski definition) is 0. The molecule has 0 radical (unpaired) electrons. The van der Waals surface area contributed by atoms with Crippen molar-refractivity contribution in [2.45, 2.75) is 0 Å². The SMILES string of the molecule is c1ccc(-c2cc(-c3ccccc3)cc(-c3ccc(-n4c5ccccc5c5cc6c(cc54)c4ccccc4n6-c4ccccc4)cc3)c2)cc1. The van der Waals surface area contributed by atoms with Gasteiger partial charge in [-0.3, -0.25) is 0 Å². The standard InChI is InChI=1S/C48H32N2/c1-4-14-33(15-5-1)36-28-37(34-16-6-2-7-17-34)30-38(29-36)35-24-26-40(27-25-35)50-46-23-13-11-21-42(46)44-31-47-43(32-48(44)50)41-20-10-12-22-45(41)49(47)39-18-8-3-9-19-39/h1-32H. The van der Waals surface area contributed by atoms with Crippen LogP contribution < -0.4 is 0 Å². The fourth-order valence-corrected chi connectivity index (χ4v) is 7.76. The van der Waals surface area contributed by atoms with Gasteiger partial charge in [-0.25, -0.2) is 0 Å². The second-order valence-corrected chi connectivity index (χ2v) is 13.0. The minimum atomic E-state index is 1.15. The summed E-state index contributed by atoms with van der Waals surface area (Å²) in [5.74, 6) is 0. The van der Waals surface area contributed by atoms with Gasteiger partial charge in [0.15, 0.2) is 0 Å². The van der Waals surface area contributed by atoms with E-state index in [2.05, 4.69) is 203 Å². The van der Waals surface area contributed by atoms with E-state index >= 15 is 0 Å². The number of rotatable bonds is 5. The highest BCUT2D eigenvalue weighted by Gasteiger charge is 2.18. The summed E-state index contributed by atoms with van der Waals surface area (Å²) in [5, 5.41) is 5.01. The lowest BCUT2D eigenvalue weighted by Gasteiger charge is -2.13. The fourth-order valence-electron chi connectivity index (χ4n) is 7.76. The molecule has 0 saturated carbocycles. The largest absolute Gasteiger partial charge is 0.309 e. The zero-order chi connectivity index (χ0) is 33.0. The highest BCUT2D eigenvalue weighted by atomic mass is 15.0. The van der Waals surface area contributed by atoms with Crippen molar-refractivity contribution in [1.82, 2.24) is 9.13 Å². The lowest BCUT2D eigenvalue weighted by molar-refractivity contribution is 1.17. The lowest BCUT2D eigenvalue weighted by atomic mass is 9.93. The second-order valence-electron chi connectivity index (χ2n) is 13.0. The average molecular weight is 637 g/mol. The van der Waals surface area contributed by atoms with Gasteiger partial charge in [0.05, 0.1) is 22.1 Å². The Hall–Kier alpha value is -6.64. The molecule has 50 heavy (non-hydrogen) atoms. The van der Waals surface area contributed by atoms with Crippen LogP contribution in [0.3, 0.4) is 0 Å². The number of para-hydroxylation sites is 3. The van der Waals surface area contributed by atoms with Crippen molar-refractivity contribution in [3.8, 4) is 44.8 Å². The van der Waals surface area contributed by atoms with Crippen molar-refractivity contribution < 1.29 is 0 Å². The van der Waals surface area contributed by atoms with Crippen LogP contribution in [0.25, 0.3) is 88.4 Å². The summed E-state index contributed by atoms with van der Waals surface area (Å²) in [6, 6.07) is 70.4. The predicted molar refractivity (Wildman–Crippen MR) is 211 cm³/mol. The molecule has 0 unspecified atom stereocenters. The minimum absolute atomic E-state index is 1.15. The van der Waals surface area contributed by atoms with Crippen LogP contribution in [-0.2, 0) is 0 Å². The van der Waals surface area contributed by atoms with Gasteiger partial charge in [0, 0.05) is 32.9 Å². The molecule has 2 aromatic heterocycles. The van der Waals surface area contributed by atoms with Gasteiger partial charge in [-0.1, -0.05) is 127 Å². The molecule has 0 saturated heterocycles. The first-order chi connectivity index (χ1) is 24.8. The molecule has 10 aromatic rings. The molecule has 2 heterocycles. The van der Waals surface area contributed by atoms with Crippen LogP contribution in [0.15, 0.2) is 194 Å². The van der Waals surface area contributed by atoms with Gasteiger partial charge in [0.25, 0.3) is 0 Å². The van der Waals surface area contributed by atoms with Crippen molar-refractivity contribution >= 4 is 43.6 Å². The van der Waals surface area contributed by atoms with E-state index in [9.17, 15) is 0 Å². The van der Waals surface area contributed by atoms with Crippen LogP contribution in [0.1, 0.15) is 0 Å². The lowest BCUT2D eigenvalue weighted by Crippen LogP contribution is -1.95. The van der Waals surface area contributed by atoms with Crippen molar-refractivity contribution in [2.24, 2.45) is 0 Å². The van der Waals surface area contributed by atoms with Gasteiger partial charge in [-0.15, -0.1) is 0 Å². The predicted octanol–water partition coefficient (Wildman–Crippen LogP) is 12.9. The maximum absolute atomic E-state index is 2.43. The molecule has 0 bridgehead atoms. The molecule has 0 N–H and O–H groups in total. The minimum Gasteiger partial charge on any atom is -0.309 e. The number of fused-ring (bicyclic) bond motifs is 6. The average Bonchev–Trinajstić information content (AvgIpc) is 3.70. The van der Waals surface area contributed by atoms with Crippen LogP contribution >= 0.6 is 0 Å². The van der Waals surface area contributed by atoms with E-state index in [1.807, 2.05) is 0 Å². The summed E-state index contributed by atoms with van der Waals surface area (Å²) in [7, 11) is 0. The van der Waals surface area contributed by atoms with Gasteiger partial charge < -0.3 is 9.13 Å². The van der Waals surface area contributed by atoms with Crippen LogP contribution in [0.4, 0.5) is 0 Å². The Kier molecular flexibility index (Phi) is 6.53. The van der Waals surface area contributed by atoms with Gasteiger partial charge in [0.2, 0.25) is 0 Å². The first-order valence-corrected chi connectivity index (χ1v) is 17.2. The first kappa shape index (κ1) is 28.4. The Balaban J connectivity index is 1.16. The summed E-state index contributed by atoms with van der Waals surface area (Å²) in [6.45, 7) is 0. The van der Waals surface area contributed by atoms with E-state index in [0.29, 0.717) is 0 Å². The molecule has 10 rings (SSSR count). The zero-order valence-corrected chi connectivity index (χ0v) is 27.4. The van der Waals surface area contributed by atoms with Crippen molar-refractivity contribution in [3.63, 3.8) is 0 Å². The molecule has 2 nitrogen and oxygen atoms in total. The molecular weight excluding hydrogens is 605 g/mol. The monoisotopic (exact) mass is 636 g/mol. The van der Waals surface area contributed by atoms with Gasteiger partial charge in [-0.05, 0) is 100 Å². The molecule has 0 aliphatic rings. The van der Waals surface area contributed by atoms with E-state index in [1.165, 1.54) is 82.7 Å². The summed E-state index contributed by atoms with van der Waals surface area (Å²) in [5.41, 5.74) is 14.4. The highest BCUT2D eigenvalue weighted by molar-refractivity contribution is 6.19. The highest BCUT2D eigenvalue weighted by Crippen LogP contribution is 2.40. The topological polar surface area (TPSA) is 9.86 Å². The smallest absolute Gasteiger partial charge is 0.0548 e. The Morgan fingerprint density at radius 2 is 0.580 bits per heavy atom. The summed E-state index contributed by atoms with van der Waals surface area (Å²) < 4.78 is 4.83. The Labute approximate surface area is 290 Å². The molecule has 0 aliphatic carbocycles. The number of benzene rings is 8. The summed E-state index contributed by atoms with van der Waals surface area (Å²) in [6.07, 6.45) is 0. The number of hydrogen-bond donors (Lipinski definition) is 0. The molecule has 0 atom stereocenters. The van der Waals surface area contributed by atoms with Gasteiger partial charge in [0.1, 0.15) is 0 Å². The molecular formula is C48H32N2. The fraction of sp³-hybridized carbons (Fsp3) is 0. The second kappa shape index (κ2) is 11.5. The maximum atomic E-state index is 2.43. The Morgan fingerprint density at radius 3 is 1.04 bits per heavy atom. The van der Waals surface area contributed by atoms with Gasteiger partial charge >= 0.3 is 0 Å². The Bertz CT molecular complexity index is 2770. The Morgan fingerprint density at radius 1 is 0.220 bits per heavy atom.